The van der Waals surface area contributed by atoms with Crippen LogP contribution in [0.3, 0.4) is 0 Å². The fourth-order valence-electron chi connectivity index (χ4n) is 4.10. The molecule has 0 unspecified atom stereocenters. The number of piperazine rings is 1. The Balaban J connectivity index is 1.51. The third-order valence-corrected chi connectivity index (χ3v) is 7.13. The average molecular weight is 482 g/mol. The molecule has 4 rings (SSSR count). The molecule has 0 amide bonds. The number of esters is 1. The Kier molecular flexibility index (Phi) is 7.15. The first-order valence-corrected chi connectivity index (χ1v) is 12.0. The van der Waals surface area contributed by atoms with Crippen molar-refractivity contribution in [1.82, 2.24) is 4.90 Å². The van der Waals surface area contributed by atoms with E-state index in [2.05, 4.69) is 21.2 Å². The maximum atomic E-state index is 12.7. The Morgan fingerprint density at radius 2 is 1.67 bits per heavy atom. The maximum absolute atomic E-state index is 12.7. The third kappa shape index (κ3) is 4.82. The minimum absolute atomic E-state index is 0.371. The predicted molar refractivity (Wildman–Crippen MR) is 139 cm³/mol. The highest BCUT2D eigenvalue weighted by Crippen LogP contribution is 2.40. The molecule has 1 aromatic heterocycles. The van der Waals surface area contributed by atoms with Gasteiger partial charge in [-0.2, -0.15) is 0 Å². The molecule has 8 heteroatoms. The van der Waals surface area contributed by atoms with E-state index in [1.807, 2.05) is 55.5 Å². The van der Waals surface area contributed by atoms with Crippen LogP contribution in [0.25, 0.3) is 11.1 Å². The summed E-state index contributed by atoms with van der Waals surface area (Å²) in [5.41, 5.74) is 3.49. The van der Waals surface area contributed by atoms with Crippen molar-refractivity contribution in [1.29, 1.82) is 0 Å². The number of carbonyl (C=O) groups is 1. The van der Waals surface area contributed by atoms with Crippen molar-refractivity contribution < 1.29 is 14.3 Å². The topological polar surface area (TPSA) is 54.0 Å². The van der Waals surface area contributed by atoms with Crippen LogP contribution < -0.4 is 15.0 Å². The zero-order chi connectivity index (χ0) is 23.4. The Bertz CT molecular complexity index is 1140. The van der Waals surface area contributed by atoms with Gasteiger partial charge in [0.2, 0.25) is 0 Å². The molecule has 2 aromatic carbocycles. The Hall–Kier alpha value is -3.10. The number of hydrogen-bond acceptors (Lipinski definition) is 6. The minimum Gasteiger partial charge on any atom is -0.495 e. The number of anilines is 2. The highest BCUT2D eigenvalue weighted by atomic mass is 32.1. The van der Waals surface area contributed by atoms with E-state index >= 15 is 0 Å². The van der Waals surface area contributed by atoms with Crippen LogP contribution in [0.1, 0.15) is 15.2 Å². The summed E-state index contributed by atoms with van der Waals surface area (Å²) >= 11 is 7.26. The van der Waals surface area contributed by atoms with E-state index in [0.29, 0.717) is 10.7 Å². The molecule has 0 atom stereocenters. The summed E-state index contributed by atoms with van der Waals surface area (Å²) in [4.78, 5) is 18.2. The lowest BCUT2D eigenvalue weighted by atomic mass is 10.0. The van der Waals surface area contributed by atoms with Crippen molar-refractivity contribution in [2.24, 2.45) is 0 Å². The van der Waals surface area contributed by atoms with Crippen LogP contribution >= 0.6 is 23.6 Å². The zero-order valence-corrected chi connectivity index (χ0v) is 20.6. The van der Waals surface area contributed by atoms with E-state index in [9.17, 15) is 4.79 Å². The second-order valence-corrected chi connectivity index (χ2v) is 9.28. The summed E-state index contributed by atoms with van der Waals surface area (Å²) in [6, 6.07) is 17.9. The van der Waals surface area contributed by atoms with Gasteiger partial charge in [-0.1, -0.05) is 42.5 Å². The van der Waals surface area contributed by atoms with Gasteiger partial charge in [0.05, 0.1) is 19.9 Å². The van der Waals surface area contributed by atoms with E-state index < -0.39 is 0 Å². The molecule has 1 N–H and O–H groups in total. The minimum atomic E-state index is -0.371. The van der Waals surface area contributed by atoms with Crippen LogP contribution in [0.5, 0.6) is 5.75 Å². The molecule has 6 nitrogen and oxygen atoms in total. The smallest absolute Gasteiger partial charge is 0.341 e. The predicted octanol–water partition coefficient (Wildman–Crippen LogP) is 5.04. The fourth-order valence-corrected chi connectivity index (χ4v) is 5.51. The van der Waals surface area contributed by atoms with Crippen molar-refractivity contribution in [3.05, 3.63) is 65.0 Å². The number of thiophene rings is 1. The number of nitrogens with zero attached hydrogens (tertiary/aromatic N) is 2. The van der Waals surface area contributed by atoms with Crippen molar-refractivity contribution in [3.8, 4) is 16.9 Å². The Labute approximate surface area is 203 Å². The first kappa shape index (κ1) is 23.1. The second kappa shape index (κ2) is 10.2. The van der Waals surface area contributed by atoms with Crippen molar-refractivity contribution >= 4 is 45.3 Å². The lowest BCUT2D eigenvalue weighted by molar-refractivity contribution is 0.0603. The highest BCUT2D eigenvalue weighted by Gasteiger charge is 2.26. The molecular formula is C25H27N3O3S2. The molecular weight excluding hydrogens is 454 g/mol. The molecule has 172 valence electrons. The van der Waals surface area contributed by atoms with Crippen LogP contribution in [0.15, 0.2) is 54.6 Å². The fraction of sp³-hybridized carbons (Fsp3) is 0.280. The second-order valence-electron chi connectivity index (χ2n) is 7.67. The van der Waals surface area contributed by atoms with Gasteiger partial charge in [-0.3, -0.25) is 0 Å². The number of hydrogen-bond donors (Lipinski definition) is 1. The summed E-state index contributed by atoms with van der Waals surface area (Å²) in [6.07, 6.45) is 0. The zero-order valence-electron chi connectivity index (χ0n) is 19.0. The number of carbonyl (C=O) groups excluding carboxylic acids is 1. The molecule has 1 aliphatic heterocycles. The van der Waals surface area contributed by atoms with E-state index in [0.717, 1.165) is 58.6 Å². The lowest BCUT2D eigenvalue weighted by Crippen LogP contribution is -2.50. The Morgan fingerprint density at radius 1 is 1.00 bits per heavy atom. The number of rotatable bonds is 5. The first-order chi connectivity index (χ1) is 16.0. The van der Waals surface area contributed by atoms with E-state index in [1.165, 1.54) is 18.4 Å². The summed E-state index contributed by atoms with van der Waals surface area (Å²) < 4.78 is 10.6. The van der Waals surface area contributed by atoms with Gasteiger partial charge in [0.25, 0.3) is 0 Å². The first-order valence-electron chi connectivity index (χ1n) is 10.7. The molecule has 1 saturated heterocycles. The normalized spacial score (nSPS) is 13.5. The number of aryl methyl sites for hydroxylation is 1. The van der Waals surface area contributed by atoms with Gasteiger partial charge in [-0.15, -0.1) is 11.3 Å². The number of ether oxygens (including phenoxy) is 2. The quantitative estimate of drug-likeness (QED) is 0.405. The highest BCUT2D eigenvalue weighted by molar-refractivity contribution is 7.80. The summed E-state index contributed by atoms with van der Waals surface area (Å²) in [6.45, 7) is 5.20. The third-order valence-electron chi connectivity index (χ3n) is 5.75. The molecule has 0 radical (unpaired) electrons. The van der Waals surface area contributed by atoms with Gasteiger partial charge in [0.15, 0.2) is 5.11 Å². The van der Waals surface area contributed by atoms with Crippen molar-refractivity contribution in [2.75, 3.05) is 50.6 Å². The molecule has 2 heterocycles. The SMILES string of the molecule is COC(=O)c1c(NC(=S)N2CCN(c3ccccc3OC)CC2)sc(C)c1-c1ccccc1. The summed E-state index contributed by atoms with van der Waals surface area (Å²) in [7, 11) is 3.10. The van der Waals surface area contributed by atoms with E-state index in [4.69, 9.17) is 21.7 Å². The largest absolute Gasteiger partial charge is 0.495 e. The van der Waals surface area contributed by atoms with Crippen LogP contribution in [0.2, 0.25) is 0 Å². The monoisotopic (exact) mass is 481 g/mol. The molecule has 3 aromatic rings. The van der Waals surface area contributed by atoms with Gasteiger partial charge in [-0.05, 0) is 36.8 Å². The van der Waals surface area contributed by atoms with Gasteiger partial charge < -0.3 is 24.6 Å². The average Bonchev–Trinajstić information content (AvgIpc) is 3.19. The van der Waals surface area contributed by atoms with Crippen LogP contribution in [-0.2, 0) is 4.74 Å². The number of benzene rings is 2. The number of nitrogens with one attached hydrogen (secondary N) is 1. The molecule has 33 heavy (non-hydrogen) atoms. The van der Waals surface area contributed by atoms with Crippen molar-refractivity contribution in [2.45, 2.75) is 6.92 Å². The molecule has 0 aliphatic carbocycles. The van der Waals surface area contributed by atoms with Crippen LogP contribution in [0, 0.1) is 6.92 Å². The van der Waals surface area contributed by atoms with Gasteiger partial charge in [0, 0.05) is 36.6 Å². The van der Waals surface area contributed by atoms with Gasteiger partial charge in [0.1, 0.15) is 16.3 Å². The van der Waals surface area contributed by atoms with Gasteiger partial charge in [-0.25, -0.2) is 4.79 Å². The van der Waals surface area contributed by atoms with Crippen LogP contribution in [0.4, 0.5) is 10.7 Å². The summed E-state index contributed by atoms with van der Waals surface area (Å²) in [5, 5.41) is 4.67. The molecule has 0 saturated carbocycles. The van der Waals surface area contributed by atoms with Crippen LogP contribution in [-0.4, -0.2) is 56.4 Å². The lowest BCUT2D eigenvalue weighted by Gasteiger charge is -2.37. The molecule has 0 bridgehead atoms. The van der Waals surface area contributed by atoms with Gasteiger partial charge >= 0.3 is 5.97 Å². The summed E-state index contributed by atoms with van der Waals surface area (Å²) in [5.74, 6) is 0.501. The number of thiocarbonyl (C=S) groups is 1. The molecule has 0 spiro atoms. The molecule has 1 aliphatic rings. The molecule has 1 fully saturated rings. The van der Waals surface area contributed by atoms with E-state index in [-0.39, 0.29) is 5.97 Å². The Morgan fingerprint density at radius 3 is 2.33 bits per heavy atom. The number of methoxy groups -OCH3 is 2. The van der Waals surface area contributed by atoms with E-state index in [1.54, 1.807) is 7.11 Å². The maximum Gasteiger partial charge on any atom is 0.341 e. The standard InChI is InChI=1S/C25H27N3O3S2/c1-17-21(18-9-5-4-6-10-18)22(24(29)31-3)23(33-17)26-25(32)28-15-13-27(14-16-28)19-11-7-8-12-20(19)30-2/h4-12H,13-16H2,1-3H3,(H,26,32). The van der Waals surface area contributed by atoms with Crippen molar-refractivity contribution in [3.63, 3.8) is 0 Å². The number of para-hydroxylation sites is 2.